The second-order valence-corrected chi connectivity index (χ2v) is 4.93. The van der Waals surface area contributed by atoms with E-state index in [0.717, 1.165) is 18.5 Å². The molecule has 0 saturated heterocycles. The summed E-state index contributed by atoms with van der Waals surface area (Å²) in [7, 11) is 2.11. The van der Waals surface area contributed by atoms with Crippen LogP contribution >= 0.6 is 0 Å². The third-order valence-corrected chi connectivity index (χ3v) is 3.46. The van der Waals surface area contributed by atoms with Crippen LogP contribution in [0.25, 0.3) is 0 Å². The van der Waals surface area contributed by atoms with Gasteiger partial charge in [-0.15, -0.1) is 0 Å². The van der Waals surface area contributed by atoms with Crippen molar-refractivity contribution in [2.24, 2.45) is 5.92 Å². The number of carbonyl (C=O) groups is 1. The third kappa shape index (κ3) is 2.60. The van der Waals surface area contributed by atoms with Crippen LogP contribution in [0.15, 0.2) is 18.2 Å². The number of nitrogens with zero attached hydrogens (tertiary/aromatic N) is 1. The lowest BCUT2D eigenvalue weighted by Gasteiger charge is -2.28. The summed E-state index contributed by atoms with van der Waals surface area (Å²) in [6.45, 7) is 2.87. The second-order valence-electron chi connectivity index (χ2n) is 4.93. The predicted octanol–water partition coefficient (Wildman–Crippen LogP) is 2.33. The number of carboxylic acids is 1. The maximum absolute atomic E-state index is 10.8. The van der Waals surface area contributed by atoms with Gasteiger partial charge in [0.25, 0.3) is 0 Å². The molecule has 2 rings (SSSR count). The number of hydrogen-bond acceptors (Lipinski definition) is 2. The Morgan fingerprint density at radius 1 is 1.53 bits per heavy atom. The van der Waals surface area contributed by atoms with Crippen molar-refractivity contribution in [1.82, 2.24) is 0 Å². The van der Waals surface area contributed by atoms with Gasteiger partial charge in [-0.05, 0) is 36.5 Å². The molecular weight excluding hydrogens is 214 g/mol. The first-order valence-corrected chi connectivity index (χ1v) is 6.13. The minimum atomic E-state index is -0.722. The number of aliphatic carboxylic acids is 1. The monoisotopic (exact) mass is 233 g/mol. The molecule has 92 valence electrons. The van der Waals surface area contributed by atoms with Crippen LogP contribution in [0.3, 0.4) is 0 Å². The highest BCUT2D eigenvalue weighted by Gasteiger charge is 2.16. The lowest BCUT2D eigenvalue weighted by Crippen LogP contribution is -2.24. The van der Waals surface area contributed by atoms with Crippen LogP contribution in [-0.4, -0.2) is 24.7 Å². The molecule has 0 saturated carbocycles. The van der Waals surface area contributed by atoms with Crippen LogP contribution in [0.5, 0.6) is 0 Å². The van der Waals surface area contributed by atoms with Gasteiger partial charge >= 0.3 is 5.97 Å². The van der Waals surface area contributed by atoms with Gasteiger partial charge in [-0.25, -0.2) is 0 Å². The summed E-state index contributed by atoms with van der Waals surface area (Å²) in [5.74, 6) is -1.03. The SMILES string of the molecule is CC(Cc1ccc2c(c1)CCCN2C)C(=O)O. The molecule has 0 spiro atoms. The summed E-state index contributed by atoms with van der Waals surface area (Å²) in [6.07, 6.45) is 2.91. The van der Waals surface area contributed by atoms with Crippen molar-refractivity contribution < 1.29 is 9.90 Å². The van der Waals surface area contributed by atoms with E-state index >= 15 is 0 Å². The zero-order valence-electron chi connectivity index (χ0n) is 10.4. The zero-order valence-corrected chi connectivity index (χ0v) is 10.4. The number of carboxylic acid groups (broad SMARTS) is 1. The molecule has 3 nitrogen and oxygen atoms in total. The Morgan fingerprint density at radius 3 is 3.00 bits per heavy atom. The van der Waals surface area contributed by atoms with E-state index in [2.05, 4.69) is 30.1 Å². The maximum atomic E-state index is 10.8. The summed E-state index contributed by atoms with van der Waals surface area (Å²) in [5, 5.41) is 8.92. The Morgan fingerprint density at radius 2 is 2.29 bits per heavy atom. The van der Waals surface area contributed by atoms with Crippen LogP contribution in [0.2, 0.25) is 0 Å². The van der Waals surface area contributed by atoms with E-state index in [9.17, 15) is 4.79 Å². The maximum Gasteiger partial charge on any atom is 0.306 e. The van der Waals surface area contributed by atoms with Gasteiger partial charge in [0, 0.05) is 19.3 Å². The van der Waals surface area contributed by atoms with E-state index in [0.29, 0.717) is 6.42 Å². The van der Waals surface area contributed by atoms with Gasteiger partial charge < -0.3 is 10.0 Å². The lowest BCUT2D eigenvalue weighted by atomic mass is 9.95. The number of aryl methyl sites for hydroxylation is 1. The summed E-state index contributed by atoms with van der Waals surface area (Å²) < 4.78 is 0. The Hall–Kier alpha value is -1.51. The second kappa shape index (κ2) is 4.78. The van der Waals surface area contributed by atoms with E-state index in [4.69, 9.17) is 5.11 Å². The molecule has 1 aliphatic rings. The Balaban J connectivity index is 2.19. The van der Waals surface area contributed by atoms with Crippen LogP contribution in [0, 0.1) is 5.92 Å². The van der Waals surface area contributed by atoms with Crippen LogP contribution in [-0.2, 0) is 17.6 Å². The fourth-order valence-corrected chi connectivity index (χ4v) is 2.41. The molecule has 0 amide bonds. The number of rotatable bonds is 3. The molecule has 1 N–H and O–H groups in total. The minimum absolute atomic E-state index is 0.311. The Bertz CT molecular complexity index is 428. The smallest absolute Gasteiger partial charge is 0.306 e. The number of fused-ring (bicyclic) bond motifs is 1. The average molecular weight is 233 g/mol. The van der Waals surface area contributed by atoms with Crippen molar-refractivity contribution in [3.63, 3.8) is 0 Å². The summed E-state index contributed by atoms with van der Waals surface area (Å²) in [4.78, 5) is 13.1. The van der Waals surface area contributed by atoms with Crippen molar-refractivity contribution >= 4 is 11.7 Å². The standard InChI is InChI=1S/C14H19NO2/c1-10(14(16)17)8-11-5-6-13-12(9-11)4-3-7-15(13)2/h5-6,9-10H,3-4,7-8H2,1-2H3,(H,16,17). The van der Waals surface area contributed by atoms with Gasteiger partial charge in [-0.2, -0.15) is 0 Å². The topological polar surface area (TPSA) is 40.5 Å². The molecule has 1 aromatic rings. The summed E-state index contributed by atoms with van der Waals surface area (Å²) >= 11 is 0. The zero-order chi connectivity index (χ0) is 12.4. The normalized spacial score (nSPS) is 16.5. The molecule has 17 heavy (non-hydrogen) atoms. The predicted molar refractivity (Wildman–Crippen MR) is 68.5 cm³/mol. The molecule has 1 unspecified atom stereocenters. The van der Waals surface area contributed by atoms with Gasteiger partial charge in [-0.3, -0.25) is 4.79 Å². The van der Waals surface area contributed by atoms with E-state index in [-0.39, 0.29) is 5.92 Å². The van der Waals surface area contributed by atoms with Crippen molar-refractivity contribution in [1.29, 1.82) is 0 Å². The van der Waals surface area contributed by atoms with Crippen molar-refractivity contribution in [3.8, 4) is 0 Å². The summed E-state index contributed by atoms with van der Waals surface area (Å²) in [6, 6.07) is 6.35. The highest BCUT2D eigenvalue weighted by Crippen LogP contribution is 2.27. The Kier molecular flexibility index (Phi) is 3.36. The van der Waals surface area contributed by atoms with E-state index in [1.54, 1.807) is 6.92 Å². The lowest BCUT2D eigenvalue weighted by molar-refractivity contribution is -0.141. The van der Waals surface area contributed by atoms with Gasteiger partial charge in [0.05, 0.1) is 5.92 Å². The van der Waals surface area contributed by atoms with E-state index < -0.39 is 5.97 Å². The molecule has 1 heterocycles. The Labute approximate surface area is 102 Å². The number of anilines is 1. The summed E-state index contributed by atoms with van der Waals surface area (Å²) in [5.41, 5.74) is 3.78. The molecule has 1 aromatic carbocycles. The number of hydrogen-bond donors (Lipinski definition) is 1. The first-order valence-electron chi connectivity index (χ1n) is 6.13. The quantitative estimate of drug-likeness (QED) is 0.871. The number of benzene rings is 1. The van der Waals surface area contributed by atoms with E-state index in [1.807, 2.05) is 0 Å². The van der Waals surface area contributed by atoms with E-state index in [1.165, 1.54) is 17.7 Å². The molecule has 0 bridgehead atoms. The van der Waals surface area contributed by atoms with Crippen LogP contribution < -0.4 is 4.90 Å². The van der Waals surface area contributed by atoms with Crippen molar-refractivity contribution in [3.05, 3.63) is 29.3 Å². The molecule has 1 aliphatic heterocycles. The first kappa shape index (κ1) is 12.0. The van der Waals surface area contributed by atoms with Crippen LogP contribution in [0.4, 0.5) is 5.69 Å². The highest BCUT2D eigenvalue weighted by atomic mass is 16.4. The molecule has 0 radical (unpaired) electrons. The van der Waals surface area contributed by atoms with Crippen LogP contribution in [0.1, 0.15) is 24.5 Å². The molecule has 1 atom stereocenters. The third-order valence-electron chi connectivity index (χ3n) is 3.46. The highest BCUT2D eigenvalue weighted by molar-refractivity contribution is 5.70. The average Bonchev–Trinajstić information content (AvgIpc) is 2.29. The van der Waals surface area contributed by atoms with Gasteiger partial charge in [0.15, 0.2) is 0 Å². The molecular formula is C14H19NO2. The largest absolute Gasteiger partial charge is 0.481 e. The fourth-order valence-electron chi connectivity index (χ4n) is 2.41. The van der Waals surface area contributed by atoms with Gasteiger partial charge in [0.1, 0.15) is 0 Å². The molecule has 0 fully saturated rings. The van der Waals surface area contributed by atoms with Crippen molar-refractivity contribution in [2.75, 3.05) is 18.5 Å². The van der Waals surface area contributed by atoms with Gasteiger partial charge in [0.2, 0.25) is 0 Å². The fraction of sp³-hybridized carbons (Fsp3) is 0.500. The van der Waals surface area contributed by atoms with Gasteiger partial charge in [-0.1, -0.05) is 19.1 Å². The first-order chi connectivity index (χ1) is 8.08. The molecule has 3 heteroatoms. The molecule has 0 aromatic heterocycles. The van der Waals surface area contributed by atoms with Crippen molar-refractivity contribution in [2.45, 2.75) is 26.2 Å². The minimum Gasteiger partial charge on any atom is -0.481 e. The molecule has 0 aliphatic carbocycles.